The van der Waals surface area contributed by atoms with Gasteiger partial charge in [-0.25, -0.2) is 4.99 Å². The summed E-state index contributed by atoms with van der Waals surface area (Å²) in [6.45, 7) is 8.79. The molecule has 1 aliphatic rings. The minimum Gasteiger partial charge on any atom is -0.384 e. The predicted molar refractivity (Wildman–Crippen MR) is 87.6 cm³/mol. The molecule has 1 heterocycles. The summed E-state index contributed by atoms with van der Waals surface area (Å²) in [5.41, 5.74) is 2.54. The number of methoxy groups -OCH3 is 1. The molecule has 1 N–H and O–H groups in total. The van der Waals surface area contributed by atoms with Crippen LogP contribution in [0.15, 0.2) is 29.3 Å². The van der Waals surface area contributed by atoms with Gasteiger partial charge in [0.05, 0.1) is 13.2 Å². The number of aryl methyl sites for hydroxylation is 1. The molecule has 0 amide bonds. The van der Waals surface area contributed by atoms with Gasteiger partial charge in [0.1, 0.15) is 0 Å². The minimum absolute atomic E-state index is 0.623. The van der Waals surface area contributed by atoms with E-state index in [1.165, 1.54) is 17.5 Å². The molecule has 1 saturated heterocycles. The lowest BCUT2D eigenvalue weighted by Crippen LogP contribution is -2.40. The van der Waals surface area contributed by atoms with Crippen LogP contribution >= 0.6 is 0 Å². The molecule has 0 aliphatic carbocycles. The molecule has 0 aromatic heterocycles. The number of likely N-dealkylation sites (tertiary alicyclic amines) is 1. The van der Waals surface area contributed by atoms with E-state index in [9.17, 15) is 0 Å². The molecular formula is C17H27N3O. The Balaban J connectivity index is 1.97. The highest BCUT2D eigenvalue weighted by Gasteiger charge is 2.24. The Morgan fingerprint density at radius 1 is 1.38 bits per heavy atom. The summed E-state index contributed by atoms with van der Waals surface area (Å²) >= 11 is 0. The topological polar surface area (TPSA) is 36.9 Å². The number of benzene rings is 1. The highest BCUT2D eigenvalue weighted by atomic mass is 16.5. The van der Waals surface area contributed by atoms with E-state index in [4.69, 9.17) is 9.73 Å². The summed E-state index contributed by atoms with van der Waals surface area (Å²) in [5.74, 6) is 1.65. The maximum absolute atomic E-state index is 5.27. The lowest BCUT2D eigenvalue weighted by molar-refractivity contribution is 0.157. The van der Waals surface area contributed by atoms with Crippen molar-refractivity contribution >= 4 is 5.96 Å². The van der Waals surface area contributed by atoms with Gasteiger partial charge in [-0.05, 0) is 25.8 Å². The molecular weight excluding hydrogens is 262 g/mol. The fraction of sp³-hybridized carbons (Fsp3) is 0.588. The molecule has 4 nitrogen and oxygen atoms in total. The maximum Gasteiger partial charge on any atom is 0.194 e. The normalized spacial score (nSPS) is 19.1. The van der Waals surface area contributed by atoms with Gasteiger partial charge in [0, 0.05) is 32.7 Å². The fourth-order valence-electron chi connectivity index (χ4n) is 2.68. The van der Waals surface area contributed by atoms with Crippen LogP contribution in [0.4, 0.5) is 0 Å². The van der Waals surface area contributed by atoms with E-state index in [1.807, 2.05) is 0 Å². The van der Waals surface area contributed by atoms with Crippen molar-refractivity contribution in [3.05, 3.63) is 35.4 Å². The van der Waals surface area contributed by atoms with Crippen LogP contribution in [-0.2, 0) is 11.3 Å². The quantitative estimate of drug-likeness (QED) is 0.668. The average Bonchev–Trinajstić information content (AvgIpc) is 2.94. The van der Waals surface area contributed by atoms with Crippen molar-refractivity contribution in [2.75, 3.05) is 33.4 Å². The summed E-state index contributed by atoms with van der Waals surface area (Å²) in [6.07, 6.45) is 1.18. The van der Waals surface area contributed by atoms with E-state index in [1.54, 1.807) is 7.11 Å². The van der Waals surface area contributed by atoms with Crippen molar-refractivity contribution in [1.82, 2.24) is 10.2 Å². The zero-order valence-electron chi connectivity index (χ0n) is 13.4. The maximum atomic E-state index is 5.27. The zero-order valence-corrected chi connectivity index (χ0v) is 13.4. The monoisotopic (exact) mass is 289 g/mol. The number of hydrogen-bond acceptors (Lipinski definition) is 2. The summed E-state index contributed by atoms with van der Waals surface area (Å²) in [7, 11) is 1.78. The van der Waals surface area contributed by atoms with E-state index < -0.39 is 0 Å². The van der Waals surface area contributed by atoms with E-state index in [0.717, 1.165) is 38.7 Å². The first kappa shape index (κ1) is 15.8. The number of nitrogens with one attached hydrogen (secondary N) is 1. The van der Waals surface area contributed by atoms with Crippen LogP contribution in [-0.4, -0.2) is 44.2 Å². The third-order valence-electron chi connectivity index (χ3n) is 3.85. The van der Waals surface area contributed by atoms with Crippen LogP contribution in [0, 0.1) is 12.8 Å². The van der Waals surface area contributed by atoms with E-state index >= 15 is 0 Å². The van der Waals surface area contributed by atoms with Gasteiger partial charge in [-0.2, -0.15) is 0 Å². The Morgan fingerprint density at radius 3 is 2.81 bits per heavy atom. The lowest BCUT2D eigenvalue weighted by atomic mass is 10.1. The van der Waals surface area contributed by atoms with Crippen LogP contribution in [0.5, 0.6) is 0 Å². The molecule has 0 saturated carbocycles. The molecule has 21 heavy (non-hydrogen) atoms. The summed E-state index contributed by atoms with van der Waals surface area (Å²) in [5, 5.41) is 3.40. The first-order valence-corrected chi connectivity index (χ1v) is 7.80. The van der Waals surface area contributed by atoms with Crippen LogP contribution in [0.25, 0.3) is 0 Å². The molecule has 116 valence electrons. The second-order valence-corrected chi connectivity index (χ2v) is 5.71. The van der Waals surface area contributed by atoms with Crippen molar-refractivity contribution in [3.8, 4) is 0 Å². The Labute approximate surface area is 128 Å². The Bertz CT molecular complexity index is 456. The van der Waals surface area contributed by atoms with Crippen molar-refractivity contribution in [2.24, 2.45) is 10.9 Å². The van der Waals surface area contributed by atoms with Crippen molar-refractivity contribution < 1.29 is 4.74 Å². The lowest BCUT2D eigenvalue weighted by Gasteiger charge is -2.21. The van der Waals surface area contributed by atoms with E-state index in [-0.39, 0.29) is 0 Å². The first-order chi connectivity index (χ1) is 10.2. The zero-order chi connectivity index (χ0) is 15.1. The first-order valence-electron chi connectivity index (χ1n) is 7.80. The molecule has 0 bridgehead atoms. The number of hydrogen-bond donors (Lipinski definition) is 1. The van der Waals surface area contributed by atoms with Crippen LogP contribution < -0.4 is 5.32 Å². The smallest absolute Gasteiger partial charge is 0.194 e. The average molecular weight is 289 g/mol. The number of aliphatic imine (C=N–C) groups is 1. The van der Waals surface area contributed by atoms with Crippen LogP contribution in [0.1, 0.15) is 24.5 Å². The number of guanidine groups is 1. The molecule has 1 aliphatic heterocycles. The third-order valence-corrected chi connectivity index (χ3v) is 3.85. The Hall–Kier alpha value is -1.55. The highest BCUT2D eigenvalue weighted by molar-refractivity contribution is 5.80. The SMILES string of the molecule is CCNC(=NCc1ccc(C)cc1)N1CCC(COC)C1. The minimum atomic E-state index is 0.623. The molecule has 1 fully saturated rings. The van der Waals surface area contributed by atoms with Gasteiger partial charge in [0.25, 0.3) is 0 Å². The van der Waals surface area contributed by atoms with Crippen molar-refractivity contribution in [2.45, 2.75) is 26.8 Å². The number of ether oxygens (including phenoxy) is 1. The van der Waals surface area contributed by atoms with Gasteiger partial charge in [-0.15, -0.1) is 0 Å². The largest absolute Gasteiger partial charge is 0.384 e. The molecule has 1 aromatic carbocycles. The molecule has 0 radical (unpaired) electrons. The summed E-state index contributed by atoms with van der Waals surface area (Å²) in [6, 6.07) is 8.59. The van der Waals surface area contributed by atoms with Crippen LogP contribution in [0.2, 0.25) is 0 Å². The standard InChI is InChI=1S/C17H27N3O/c1-4-18-17(20-10-9-16(12-20)13-21-3)19-11-15-7-5-14(2)6-8-15/h5-8,16H,4,9-13H2,1-3H3,(H,18,19). The Kier molecular flexibility index (Phi) is 6.05. The molecule has 2 rings (SSSR count). The second kappa shape index (κ2) is 8.03. The summed E-state index contributed by atoms with van der Waals surface area (Å²) in [4.78, 5) is 7.13. The van der Waals surface area contributed by atoms with Crippen LogP contribution in [0.3, 0.4) is 0 Å². The molecule has 1 aromatic rings. The number of nitrogens with zero attached hydrogens (tertiary/aromatic N) is 2. The van der Waals surface area contributed by atoms with Crippen molar-refractivity contribution in [3.63, 3.8) is 0 Å². The van der Waals surface area contributed by atoms with Gasteiger partial charge in [-0.3, -0.25) is 0 Å². The molecule has 1 atom stereocenters. The van der Waals surface area contributed by atoms with Gasteiger partial charge >= 0.3 is 0 Å². The molecule has 0 spiro atoms. The number of rotatable bonds is 5. The summed E-state index contributed by atoms with van der Waals surface area (Å²) < 4.78 is 5.27. The second-order valence-electron chi connectivity index (χ2n) is 5.71. The Morgan fingerprint density at radius 2 is 2.14 bits per heavy atom. The highest BCUT2D eigenvalue weighted by Crippen LogP contribution is 2.16. The predicted octanol–water partition coefficient (Wildman–Crippen LogP) is 2.43. The molecule has 4 heteroatoms. The van der Waals surface area contributed by atoms with Gasteiger partial charge < -0.3 is 15.0 Å². The fourth-order valence-corrected chi connectivity index (χ4v) is 2.68. The van der Waals surface area contributed by atoms with Gasteiger partial charge in [0.15, 0.2) is 5.96 Å². The van der Waals surface area contributed by atoms with Gasteiger partial charge in [0.2, 0.25) is 0 Å². The van der Waals surface area contributed by atoms with E-state index in [2.05, 4.69) is 48.3 Å². The molecule has 1 unspecified atom stereocenters. The van der Waals surface area contributed by atoms with Gasteiger partial charge in [-0.1, -0.05) is 29.8 Å². The van der Waals surface area contributed by atoms with Crippen molar-refractivity contribution in [1.29, 1.82) is 0 Å². The third kappa shape index (κ3) is 4.74. The van der Waals surface area contributed by atoms with E-state index in [0.29, 0.717) is 5.92 Å².